The Morgan fingerprint density at radius 1 is 1.17 bits per heavy atom. The van der Waals surface area contributed by atoms with Crippen LogP contribution in [0.4, 0.5) is 10.5 Å². The Labute approximate surface area is 133 Å². The van der Waals surface area contributed by atoms with E-state index in [1.807, 2.05) is 0 Å². The van der Waals surface area contributed by atoms with Crippen molar-refractivity contribution in [2.75, 3.05) is 5.32 Å². The summed E-state index contributed by atoms with van der Waals surface area (Å²) in [6.45, 7) is 5.09. The van der Waals surface area contributed by atoms with Crippen LogP contribution in [-0.2, 0) is 14.9 Å². The fourth-order valence-corrected chi connectivity index (χ4v) is 2.79. The van der Waals surface area contributed by atoms with Gasteiger partial charge < -0.3 is 9.84 Å². The molecule has 0 saturated carbocycles. The number of ether oxygens (including phenoxy) is 1. The van der Waals surface area contributed by atoms with Crippen LogP contribution in [0.5, 0.6) is 5.75 Å². The van der Waals surface area contributed by atoms with Gasteiger partial charge in [-0.2, -0.15) is 8.42 Å². The first-order chi connectivity index (χ1) is 10.5. The molecule has 0 aliphatic carbocycles. The van der Waals surface area contributed by atoms with E-state index in [1.165, 1.54) is 24.3 Å². The van der Waals surface area contributed by atoms with Crippen molar-refractivity contribution in [3.05, 3.63) is 30.3 Å². The molecular weight excluding hydrogens is 322 g/mol. The molecule has 8 heteroatoms. The third-order valence-corrected chi connectivity index (χ3v) is 3.80. The molecule has 0 atom stereocenters. The Balaban J connectivity index is 2.57. The van der Waals surface area contributed by atoms with Crippen LogP contribution in [0.25, 0.3) is 10.8 Å². The first kappa shape index (κ1) is 17.0. The average Bonchev–Trinajstić information content (AvgIpc) is 2.35. The van der Waals surface area contributed by atoms with Crippen molar-refractivity contribution in [2.45, 2.75) is 31.3 Å². The van der Waals surface area contributed by atoms with Gasteiger partial charge in [0.1, 0.15) is 16.2 Å². The van der Waals surface area contributed by atoms with Crippen LogP contribution in [0, 0.1) is 0 Å². The van der Waals surface area contributed by atoms with E-state index in [9.17, 15) is 22.9 Å². The van der Waals surface area contributed by atoms with Crippen molar-refractivity contribution in [3.63, 3.8) is 0 Å². The van der Waals surface area contributed by atoms with Gasteiger partial charge in [0, 0.05) is 10.8 Å². The summed E-state index contributed by atoms with van der Waals surface area (Å²) in [6.07, 6.45) is -0.748. The molecule has 0 aliphatic heterocycles. The molecule has 7 nitrogen and oxygen atoms in total. The maximum atomic E-state index is 11.9. The smallest absolute Gasteiger partial charge is 0.412 e. The fourth-order valence-electron chi connectivity index (χ4n) is 2.10. The molecule has 124 valence electrons. The first-order valence-electron chi connectivity index (χ1n) is 6.71. The number of hydrogen-bond donors (Lipinski definition) is 3. The molecule has 1 amide bonds. The van der Waals surface area contributed by atoms with E-state index in [0.29, 0.717) is 0 Å². The molecule has 0 heterocycles. The highest BCUT2D eigenvalue weighted by Gasteiger charge is 2.21. The van der Waals surface area contributed by atoms with E-state index in [1.54, 1.807) is 20.8 Å². The zero-order valence-electron chi connectivity index (χ0n) is 12.8. The topological polar surface area (TPSA) is 113 Å². The minimum Gasteiger partial charge on any atom is -0.507 e. The van der Waals surface area contributed by atoms with E-state index < -0.39 is 21.8 Å². The Morgan fingerprint density at radius 2 is 1.83 bits per heavy atom. The third-order valence-electron chi connectivity index (χ3n) is 2.89. The maximum absolute atomic E-state index is 11.9. The van der Waals surface area contributed by atoms with Gasteiger partial charge in [0.05, 0.1) is 5.69 Å². The van der Waals surface area contributed by atoms with Crippen molar-refractivity contribution >= 4 is 32.7 Å². The Bertz CT molecular complexity index is 867. The molecule has 2 rings (SSSR count). The van der Waals surface area contributed by atoms with Gasteiger partial charge in [-0.1, -0.05) is 12.1 Å². The second-order valence-corrected chi connectivity index (χ2v) is 7.30. The number of aromatic hydroxyl groups is 1. The molecule has 3 N–H and O–H groups in total. The van der Waals surface area contributed by atoms with Crippen molar-refractivity contribution in [2.24, 2.45) is 0 Å². The second-order valence-electron chi connectivity index (χ2n) is 5.91. The summed E-state index contributed by atoms with van der Waals surface area (Å²) in [5, 5.41) is 12.7. The van der Waals surface area contributed by atoms with E-state index >= 15 is 0 Å². The van der Waals surface area contributed by atoms with Gasteiger partial charge in [0.2, 0.25) is 0 Å². The maximum Gasteiger partial charge on any atom is 0.412 e. The van der Waals surface area contributed by atoms with Crippen molar-refractivity contribution in [1.82, 2.24) is 0 Å². The van der Waals surface area contributed by atoms with Gasteiger partial charge in [-0.15, -0.1) is 0 Å². The number of phenols is 1. The van der Waals surface area contributed by atoms with Gasteiger partial charge in [-0.05, 0) is 39.0 Å². The molecule has 2 aromatic carbocycles. The van der Waals surface area contributed by atoms with Crippen molar-refractivity contribution in [1.29, 1.82) is 0 Å². The summed E-state index contributed by atoms with van der Waals surface area (Å²) in [4.78, 5) is 11.5. The quantitative estimate of drug-likeness (QED) is 0.725. The summed E-state index contributed by atoms with van der Waals surface area (Å²) in [5.74, 6) is -0.237. The normalized spacial score (nSPS) is 12.2. The van der Waals surface area contributed by atoms with Gasteiger partial charge >= 0.3 is 6.09 Å². The summed E-state index contributed by atoms with van der Waals surface area (Å²) in [5.41, 5.74) is -0.546. The number of benzene rings is 2. The predicted molar refractivity (Wildman–Crippen MR) is 85.3 cm³/mol. The molecule has 0 aliphatic rings. The molecule has 0 spiro atoms. The summed E-state index contributed by atoms with van der Waals surface area (Å²) >= 11 is 0. The van der Waals surface area contributed by atoms with E-state index in [-0.39, 0.29) is 27.1 Å². The molecule has 2 aromatic rings. The second kappa shape index (κ2) is 5.71. The van der Waals surface area contributed by atoms with E-state index in [4.69, 9.17) is 4.74 Å². The number of anilines is 1. The number of rotatable bonds is 2. The summed E-state index contributed by atoms with van der Waals surface area (Å²) < 4.78 is 37.3. The zero-order valence-corrected chi connectivity index (χ0v) is 13.6. The Hall–Kier alpha value is -2.32. The van der Waals surface area contributed by atoms with Gasteiger partial charge in [-0.3, -0.25) is 9.87 Å². The molecule has 0 unspecified atom stereocenters. The summed E-state index contributed by atoms with van der Waals surface area (Å²) in [7, 11) is -4.48. The lowest BCUT2D eigenvalue weighted by Gasteiger charge is -2.20. The standard InChI is InChI=1S/C15H17NO6S/c1-15(2,3)22-14(18)16-10-7-8-12(23(19,20)21)9-5-4-6-11(17)13(9)10/h4-8,17H,1-3H3,(H,16,18)(H,19,20,21). The number of carbonyl (C=O) groups excluding carboxylic acids is 1. The number of carbonyl (C=O) groups is 1. The highest BCUT2D eigenvalue weighted by Crippen LogP contribution is 2.35. The lowest BCUT2D eigenvalue weighted by molar-refractivity contribution is 0.0636. The highest BCUT2D eigenvalue weighted by molar-refractivity contribution is 7.86. The minimum absolute atomic E-state index is 0.0843. The lowest BCUT2D eigenvalue weighted by Crippen LogP contribution is -2.27. The van der Waals surface area contributed by atoms with E-state index in [2.05, 4.69) is 5.32 Å². The van der Waals surface area contributed by atoms with Gasteiger partial charge in [0.25, 0.3) is 10.1 Å². The average molecular weight is 339 g/mol. The molecule has 0 aromatic heterocycles. The Morgan fingerprint density at radius 3 is 2.39 bits per heavy atom. The largest absolute Gasteiger partial charge is 0.507 e. The number of phenolic OH excluding ortho intramolecular Hbond substituents is 1. The highest BCUT2D eigenvalue weighted by atomic mass is 32.2. The number of nitrogens with one attached hydrogen (secondary N) is 1. The molecular formula is C15H17NO6S. The minimum atomic E-state index is -4.48. The van der Waals surface area contributed by atoms with Crippen LogP contribution in [0.2, 0.25) is 0 Å². The Kier molecular flexibility index (Phi) is 4.23. The third kappa shape index (κ3) is 3.91. The van der Waals surface area contributed by atoms with Crippen molar-refractivity contribution in [3.8, 4) is 5.75 Å². The monoisotopic (exact) mass is 339 g/mol. The zero-order chi connectivity index (χ0) is 17.4. The van der Waals surface area contributed by atoms with Gasteiger partial charge in [0.15, 0.2) is 0 Å². The molecule has 0 fully saturated rings. The molecule has 23 heavy (non-hydrogen) atoms. The number of hydrogen-bond acceptors (Lipinski definition) is 5. The summed E-state index contributed by atoms with van der Waals surface area (Å²) in [6, 6.07) is 6.61. The van der Waals surface area contributed by atoms with Gasteiger partial charge in [-0.25, -0.2) is 4.79 Å². The van der Waals surface area contributed by atoms with Crippen LogP contribution in [-0.4, -0.2) is 29.8 Å². The fraction of sp³-hybridized carbons (Fsp3) is 0.267. The van der Waals surface area contributed by atoms with Crippen molar-refractivity contribution < 1.29 is 27.6 Å². The molecule has 0 bridgehead atoms. The van der Waals surface area contributed by atoms with Crippen LogP contribution < -0.4 is 5.32 Å². The molecule has 0 saturated heterocycles. The van der Waals surface area contributed by atoms with Crippen LogP contribution >= 0.6 is 0 Å². The van der Waals surface area contributed by atoms with E-state index in [0.717, 1.165) is 6.07 Å². The predicted octanol–water partition coefficient (Wildman–Crippen LogP) is 3.14. The number of amides is 1. The van der Waals surface area contributed by atoms with Crippen LogP contribution in [0.3, 0.4) is 0 Å². The first-order valence-corrected chi connectivity index (χ1v) is 8.15. The lowest BCUT2D eigenvalue weighted by atomic mass is 10.1. The SMILES string of the molecule is CC(C)(C)OC(=O)Nc1ccc(S(=O)(=O)O)c2cccc(O)c12. The number of fused-ring (bicyclic) bond motifs is 1. The van der Waals surface area contributed by atoms with Crippen LogP contribution in [0.15, 0.2) is 35.2 Å². The molecule has 0 radical (unpaired) electrons. The van der Waals surface area contributed by atoms with Crippen LogP contribution in [0.1, 0.15) is 20.8 Å².